The number of benzene rings is 2. The molecule has 0 bridgehead atoms. The summed E-state index contributed by atoms with van der Waals surface area (Å²) in [7, 11) is 0. The maximum absolute atomic E-state index is 13.2. The molecule has 4 amide bonds. The Balaban J connectivity index is 1.46. The third-order valence-corrected chi connectivity index (χ3v) is 6.23. The van der Waals surface area contributed by atoms with Crippen molar-refractivity contribution in [3.05, 3.63) is 83.0 Å². The first-order valence-electron chi connectivity index (χ1n) is 11.1. The number of aryl methyl sites for hydroxylation is 1. The minimum Gasteiger partial charge on any atom is -0.494 e. The quantitative estimate of drug-likeness (QED) is 0.555. The van der Waals surface area contributed by atoms with Crippen molar-refractivity contribution in [2.24, 2.45) is 0 Å². The zero-order chi connectivity index (χ0) is 23.9. The average molecular weight is 457 g/mol. The van der Waals surface area contributed by atoms with Gasteiger partial charge in [-0.1, -0.05) is 30.3 Å². The van der Waals surface area contributed by atoms with Crippen molar-refractivity contribution in [2.75, 3.05) is 13.2 Å². The van der Waals surface area contributed by atoms with E-state index in [0.29, 0.717) is 30.0 Å². The predicted octanol–water partition coefficient (Wildman–Crippen LogP) is 3.15. The highest BCUT2D eigenvalue weighted by atomic mass is 16.5. The summed E-state index contributed by atoms with van der Waals surface area (Å²) < 4.78 is 5.53. The fraction of sp³-hybridized carbons (Fsp3) is 0.231. The van der Waals surface area contributed by atoms with Gasteiger partial charge >= 0.3 is 6.03 Å². The third kappa shape index (κ3) is 3.67. The van der Waals surface area contributed by atoms with E-state index in [1.165, 1.54) is 0 Å². The highest BCUT2D eigenvalue weighted by molar-refractivity contribution is 6.08. The number of hydrogen-bond acceptors (Lipinski definition) is 5. The van der Waals surface area contributed by atoms with E-state index < -0.39 is 17.5 Å². The van der Waals surface area contributed by atoms with Gasteiger partial charge in [0.1, 0.15) is 5.75 Å². The van der Waals surface area contributed by atoms with E-state index in [0.717, 1.165) is 22.4 Å². The van der Waals surface area contributed by atoms with E-state index in [1.807, 2.05) is 50.2 Å². The Kier molecular flexibility index (Phi) is 5.28. The summed E-state index contributed by atoms with van der Waals surface area (Å²) in [6.45, 7) is 4.73. The Morgan fingerprint density at radius 2 is 1.85 bits per heavy atom. The molecule has 172 valence electrons. The van der Waals surface area contributed by atoms with Crippen LogP contribution in [0.15, 0.2) is 60.8 Å². The number of imide groups is 1. The van der Waals surface area contributed by atoms with Crippen LogP contribution in [0.5, 0.6) is 5.75 Å². The highest BCUT2D eigenvalue weighted by Gasteiger charge is 2.50. The number of aromatic nitrogens is 1. The molecule has 2 aliphatic heterocycles. The Hall–Kier alpha value is -4.20. The molecule has 1 fully saturated rings. The van der Waals surface area contributed by atoms with Crippen molar-refractivity contribution >= 4 is 17.8 Å². The maximum Gasteiger partial charge on any atom is 0.322 e. The van der Waals surface area contributed by atoms with E-state index in [-0.39, 0.29) is 12.5 Å². The van der Waals surface area contributed by atoms with Gasteiger partial charge in [-0.15, -0.1) is 0 Å². The summed E-state index contributed by atoms with van der Waals surface area (Å²) in [6.07, 6.45) is 1.75. The fourth-order valence-electron chi connectivity index (χ4n) is 4.53. The van der Waals surface area contributed by atoms with Gasteiger partial charge in [0.05, 0.1) is 18.8 Å². The molecule has 3 aromatic rings. The second-order valence-electron chi connectivity index (χ2n) is 8.52. The summed E-state index contributed by atoms with van der Waals surface area (Å²) in [5.41, 5.74) is 3.39. The molecule has 2 aliphatic rings. The number of amides is 4. The van der Waals surface area contributed by atoms with Crippen LogP contribution in [0.3, 0.4) is 0 Å². The third-order valence-electron chi connectivity index (χ3n) is 6.23. The molecule has 1 atom stereocenters. The standard InChI is InChI=1S/C26H24N4O4/c1-3-34-20-9-6-18-14-30(23(31)21(18)13-20)15-26(24(32)28-25(33)29-26)19-7-4-17(5-8-19)22-12-16(2)10-11-27-22/h4-13H,3,14-15H2,1-2H3,(H2,28,29,32,33)/t26-/m0/s1. The van der Waals surface area contributed by atoms with Gasteiger partial charge in [-0.25, -0.2) is 4.79 Å². The number of nitrogens with zero attached hydrogens (tertiary/aromatic N) is 2. The number of ether oxygens (including phenoxy) is 1. The van der Waals surface area contributed by atoms with Crippen LogP contribution >= 0.6 is 0 Å². The number of carbonyl (C=O) groups excluding carboxylic acids is 3. The minimum atomic E-state index is -1.39. The molecule has 5 rings (SSSR count). The van der Waals surface area contributed by atoms with Crippen LogP contribution < -0.4 is 15.4 Å². The van der Waals surface area contributed by atoms with E-state index in [2.05, 4.69) is 15.6 Å². The lowest BCUT2D eigenvalue weighted by molar-refractivity contribution is -0.124. The molecule has 8 nitrogen and oxygen atoms in total. The summed E-state index contributed by atoms with van der Waals surface area (Å²) in [6, 6.07) is 16.1. The lowest BCUT2D eigenvalue weighted by Crippen LogP contribution is -2.52. The van der Waals surface area contributed by atoms with Crippen molar-refractivity contribution in [1.82, 2.24) is 20.5 Å². The number of hydrogen-bond donors (Lipinski definition) is 2. The van der Waals surface area contributed by atoms with Crippen molar-refractivity contribution in [2.45, 2.75) is 25.9 Å². The number of rotatable bonds is 6. The number of carbonyl (C=O) groups is 3. The topological polar surface area (TPSA) is 101 Å². The smallest absolute Gasteiger partial charge is 0.322 e. The summed E-state index contributed by atoms with van der Waals surface area (Å²) in [5, 5.41) is 5.11. The molecule has 0 unspecified atom stereocenters. The van der Waals surface area contributed by atoms with Gasteiger partial charge in [0.15, 0.2) is 5.54 Å². The fourth-order valence-corrected chi connectivity index (χ4v) is 4.53. The molecular formula is C26H24N4O4. The van der Waals surface area contributed by atoms with E-state index in [9.17, 15) is 14.4 Å². The molecule has 3 heterocycles. The van der Waals surface area contributed by atoms with Gasteiger partial charge in [0.2, 0.25) is 0 Å². The largest absolute Gasteiger partial charge is 0.494 e. The summed E-state index contributed by atoms with van der Waals surface area (Å²) in [4.78, 5) is 44.4. The van der Waals surface area contributed by atoms with Crippen LogP contribution in [-0.2, 0) is 16.9 Å². The first kappa shape index (κ1) is 21.6. The Morgan fingerprint density at radius 3 is 2.53 bits per heavy atom. The maximum atomic E-state index is 13.2. The molecule has 0 radical (unpaired) electrons. The first-order valence-corrected chi connectivity index (χ1v) is 11.1. The molecule has 0 aliphatic carbocycles. The van der Waals surface area contributed by atoms with Crippen LogP contribution in [0.2, 0.25) is 0 Å². The van der Waals surface area contributed by atoms with Gasteiger partial charge in [-0.2, -0.15) is 0 Å². The molecule has 1 aromatic heterocycles. The number of pyridine rings is 1. The molecule has 34 heavy (non-hydrogen) atoms. The highest BCUT2D eigenvalue weighted by Crippen LogP contribution is 2.33. The minimum absolute atomic E-state index is 0.00406. The number of fused-ring (bicyclic) bond motifs is 1. The van der Waals surface area contributed by atoms with Crippen LogP contribution in [-0.4, -0.2) is 40.9 Å². The molecule has 0 saturated carbocycles. The monoisotopic (exact) mass is 456 g/mol. The van der Waals surface area contributed by atoms with Crippen LogP contribution in [0.4, 0.5) is 4.79 Å². The van der Waals surface area contributed by atoms with Crippen molar-refractivity contribution in [3.8, 4) is 17.0 Å². The van der Waals surface area contributed by atoms with Crippen LogP contribution in [0.25, 0.3) is 11.3 Å². The summed E-state index contributed by atoms with van der Waals surface area (Å²) >= 11 is 0. The summed E-state index contributed by atoms with van der Waals surface area (Å²) in [5.74, 6) is -0.0680. The molecule has 1 saturated heterocycles. The Labute approximate surface area is 196 Å². The molecule has 8 heteroatoms. The van der Waals surface area contributed by atoms with Crippen molar-refractivity contribution in [1.29, 1.82) is 0 Å². The lowest BCUT2D eigenvalue weighted by atomic mass is 9.88. The van der Waals surface area contributed by atoms with Gasteiger partial charge < -0.3 is 15.0 Å². The van der Waals surface area contributed by atoms with Gasteiger partial charge in [-0.3, -0.25) is 19.9 Å². The number of urea groups is 1. The van der Waals surface area contributed by atoms with E-state index in [4.69, 9.17) is 4.74 Å². The van der Waals surface area contributed by atoms with Gasteiger partial charge in [0.25, 0.3) is 11.8 Å². The Bertz CT molecular complexity index is 1300. The second-order valence-corrected chi connectivity index (χ2v) is 8.52. The van der Waals surface area contributed by atoms with E-state index >= 15 is 0 Å². The van der Waals surface area contributed by atoms with Gasteiger partial charge in [0, 0.05) is 23.9 Å². The molecular weight excluding hydrogens is 432 g/mol. The van der Waals surface area contributed by atoms with Crippen LogP contribution in [0, 0.1) is 6.92 Å². The SMILES string of the molecule is CCOc1ccc2c(c1)C(=O)N(C[C@@]1(c3ccc(-c4cc(C)ccn4)cc3)NC(=O)NC1=O)C2. The number of nitrogens with one attached hydrogen (secondary N) is 2. The molecule has 2 aromatic carbocycles. The van der Waals surface area contributed by atoms with Crippen molar-refractivity contribution < 1.29 is 19.1 Å². The first-order chi connectivity index (χ1) is 16.4. The Morgan fingerprint density at radius 1 is 1.06 bits per heavy atom. The van der Waals surface area contributed by atoms with Crippen LogP contribution in [0.1, 0.15) is 34.0 Å². The average Bonchev–Trinajstić information content (AvgIpc) is 3.29. The van der Waals surface area contributed by atoms with E-state index in [1.54, 1.807) is 29.3 Å². The van der Waals surface area contributed by atoms with Crippen molar-refractivity contribution in [3.63, 3.8) is 0 Å². The zero-order valence-electron chi connectivity index (χ0n) is 18.9. The second kappa shape index (κ2) is 8.30. The van der Waals surface area contributed by atoms with Gasteiger partial charge in [-0.05, 0) is 54.8 Å². The predicted molar refractivity (Wildman–Crippen MR) is 125 cm³/mol. The molecule has 0 spiro atoms. The normalized spacial score (nSPS) is 19.1. The molecule has 2 N–H and O–H groups in total. The lowest BCUT2D eigenvalue weighted by Gasteiger charge is -2.31. The zero-order valence-corrected chi connectivity index (χ0v) is 18.9.